The summed E-state index contributed by atoms with van der Waals surface area (Å²) in [5.74, 6) is 1.40. The summed E-state index contributed by atoms with van der Waals surface area (Å²) in [6.45, 7) is 1.85. The normalized spacial score (nSPS) is 12.6. The minimum Gasteiger partial charge on any atom is -0.489 e. The topological polar surface area (TPSA) is 47.6 Å². The van der Waals surface area contributed by atoms with E-state index in [0.29, 0.717) is 43.4 Å². The zero-order valence-electron chi connectivity index (χ0n) is 15.4. The van der Waals surface area contributed by atoms with Crippen LogP contribution in [-0.4, -0.2) is 12.3 Å². The Kier molecular flexibility index (Phi) is 6.85. The number of hydrogen-bond acceptors (Lipinski definition) is 4. The van der Waals surface area contributed by atoms with E-state index in [-0.39, 0.29) is 22.8 Å². The Labute approximate surface area is 175 Å². The van der Waals surface area contributed by atoms with Gasteiger partial charge in [-0.25, -0.2) is 0 Å². The van der Waals surface area contributed by atoms with Crippen molar-refractivity contribution in [3.8, 4) is 11.5 Å². The maximum Gasteiger partial charge on any atom is 0.177 e. The van der Waals surface area contributed by atoms with Crippen LogP contribution in [0.15, 0.2) is 72.8 Å². The molecule has 0 radical (unpaired) electrons. The molecule has 3 aromatic carbocycles. The van der Waals surface area contributed by atoms with Crippen LogP contribution in [0.25, 0.3) is 0 Å². The van der Waals surface area contributed by atoms with Crippen molar-refractivity contribution in [2.45, 2.75) is 19.8 Å². The van der Waals surface area contributed by atoms with Gasteiger partial charge in [-0.3, -0.25) is 4.79 Å². The number of Topliss-reactive ketones (excluding diaryl/α,β-unsaturated/α-hetero) is 1. The van der Waals surface area contributed by atoms with Crippen LogP contribution in [-0.2, 0) is 19.8 Å². The highest BCUT2D eigenvalue weighted by atomic mass is 79.9. The van der Waals surface area contributed by atoms with Crippen molar-refractivity contribution in [1.82, 2.24) is 5.32 Å². The smallest absolute Gasteiger partial charge is 0.177 e. The molecule has 4 nitrogen and oxygen atoms in total. The van der Waals surface area contributed by atoms with Gasteiger partial charge in [-0.1, -0.05) is 60.7 Å². The van der Waals surface area contributed by atoms with Gasteiger partial charge in [0.25, 0.3) is 0 Å². The Morgan fingerprint density at radius 2 is 1.39 bits per heavy atom. The van der Waals surface area contributed by atoms with Gasteiger partial charge in [0.05, 0.1) is 6.54 Å². The predicted octanol–water partition coefficient (Wildman–Crippen LogP) is 4.71. The zero-order chi connectivity index (χ0) is 18.5. The molecule has 0 saturated heterocycles. The molecule has 0 aromatic heterocycles. The van der Waals surface area contributed by atoms with Gasteiger partial charge in [-0.15, -0.1) is 17.0 Å². The maximum absolute atomic E-state index is 12.4. The van der Waals surface area contributed by atoms with E-state index in [9.17, 15) is 4.79 Å². The Morgan fingerprint density at radius 1 is 0.786 bits per heavy atom. The van der Waals surface area contributed by atoms with Crippen molar-refractivity contribution >= 4 is 22.8 Å². The van der Waals surface area contributed by atoms with Crippen molar-refractivity contribution in [3.05, 3.63) is 95.1 Å². The van der Waals surface area contributed by atoms with Crippen LogP contribution in [0, 0.1) is 0 Å². The van der Waals surface area contributed by atoms with Crippen LogP contribution < -0.4 is 14.8 Å². The first-order valence-corrected chi connectivity index (χ1v) is 9.04. The Bertz CT molecular complexity index is 929. The first-order chi connectivity index (χ1) is 13.3. The van der Waals surface area contributed by atoms with Crippen molar-refractivity contribution in [2.75, 3.05) is 6.54 Å². The molecular weight excluding hydrogens is 418 g/mol. The van der Waals surface area contributed by atoms with Gasteiger partial charge in [0.15, 0.2) is 5.78 Å². The number of ether oxygens (including phenoxy) is 2. The number of nitrogens with one attached hydrogen (secondary N) is 1. The molecule has 1 aliphatic rings. The van der Waals surface area contributed by atoms with E-state index in [1.807, 2.05) is 72.8 Å². The van der Waals surface area contributed by atoms with E-state index in [4.69, 9.17) is 9.47 Å². The van der Waals surface area contributed by atoms with Crippen molar-refractivity contribution in [2.24, 2.45) is 0 Å². The van der Waals surface area contributed by atoms with Gasteiger partial charge >= 0.3 is 0 Å². The fourth-order valence-electron chi connectivity index (χ4n) is 3.14. The monoisotopic (exact) mass is 439 g/mol. The predicted molar refractivity (Wildman–Crippen MR) is 114 cm³/mol. The summed E-state index contributed by atoms with van der Waals surface area (Å²) in [6, 6.07) is 23.7. The summed E-state index contributed by atoms with van der Waals surface area (Å²) >= 11 is 0. The average Bonchev–Trinajstić information content (AvgIpc) is 2.73. The average molecular weight is 440 g/mol. The Balaban J connectivity index is 0.00000225. The second-order valence-electron chi connectivity index (χ2n) is 6.52. The standard InChI is InChI=1S/C23H21NO3.BrH/c25-22-14-24-13-21-20(22)11-19(26-15-17-7-3-1-4-8-17)12-23(21)27-16-18-9-5-2-6-10-18;/h1-12,24H,13-16H2;1H. The van der Waals surface area contributed by atoms with Crippen LogP contribution in [0.1, 0.15) is 27.0 Å². The molecule has 1 heterocycles. The number of halogens is 1. The maximum atomic E-state index is 12.4. The number of hydrogen-bond donors (Lipinski definition) is 1. The SMILES string of the molecule is Br.O=C1CNCc2c(OCc3ccccc3)cc(OCc3ccccc3)cc21. The Morgan fingerprint density at radius 3 is 2.04 bits per heavy atom. The quantitative estimate of drug-likeness (QED) is 0.603. The van der Waals surface area contributed by atoms with Crippen LogP contribution in [0.5, 0.6) is 11.5 Å². The number of fused-ring (bicyclic) bond motifs is 1. The number of ketones is 1. The summed E-state index contributed by atoms with van der Waals surface area (Å²) in [5, 5.41) is 3.14. The lowest BCUT2D eigenvalue weighted by molar-refractivity contribution is 0.0980. The molecule has 3 aromatic rings. The summed E-state index contributed by atoms with van der Waals surface area (Å²) < 4.78 is 12.0. The molecule has 1 N–H and O–H groups in total. The van der Waals surface area contributed by atoms with Gasteiger partial charge in [0, 0.05) is 23.7 Å². The molecule has 0 bridgehead atoms. The van der Waals surface area contributed by atoms with Crippen LogP contribution in [0.3, 0.4) is 0 Å². The van der Waals surface area contributed by atoms with Gasteiger partial charge in [0.2, 0.25) is 0 Å². The summed E-state index contributed by atoms with van der Waals surface area (Å²) in [6.07, 6.45) is 0. The third kappa shape index (κ3) is 4.80. The van der Waals surface area contributed by atoms with E-state index >= 15 is 0 Å². The molecule has 1 aliphatic heterocycles. The fraction of sp³-hybridized carbons (Fsp3) is 0.174. The first kappa shape index (κ1) is 20.1. The summed E-state index contributed by atoms with van der Waals surface area (Å²) in [5.41, 5.74) is 3.74. The fourth-order valence-corrected chi connectivity index (χ4v) is 3.14. The number of carbonyl (C=O) groups excluding carboxylic acids is 1. The highest BCUT2D eigenvalue weighted by molar-refractivity contribution is 8.93. The van der Waals surface area contributed by atoms with E-state index in [2.05, 4.69) is 5.32 Å². The van der Waals surface area contributed by atoms with E-state index < -0.39 is 0 Å². The summed E-state index contributed by atoms with van der Waals surface area (Å²) in [7, 11) is 0. The van der Waals surface area contributed by atoms with Crippen molar-refractivity contribution in [3.63, 3.8) is 0 Å². The van der Waals surface area contributed by atoms with Crippen molar-refractivity contribution < 1.29 is 14.3 Å². The molecular formula is C23H22BrNO3. The minimum atomic E-state index is 0. The lowest BCUT2D eigenvalue weighted by atomic mass is 9.98. The molecule has 28 heavy (non-hydrogen) atoms. The highest BCUT2D eigenvalue weighted by Gasteiger charge is 2.22. The van der Waals surface area contributed by atoms with Crippen molar-refractivity contribution in [1.29, 1.82) is 0 Å². The van der Waals surface area contributed by atoms with Crippen LogP contribution in [0.2, 0.25) is 0 Å². The van der Waals surface area contributed by atoms with E-state index in [1.54, 1.807) is 0 Å². The third-order valence-corrected chi connectivity index (χ3v) is 4.56. The highest BCUT2D eigenvalue weighted by Crippen LogP contribution is 2.32. The molecule has 0 spiro atoms. The second-order valence-corrected chi connectivity index (χ2v) is 6.52. The number of carbonyl (C=O) groups is 1. The van der Waals surface area contributed by atoms with E-state index in [0.717, 1.165) is 16.7 Å². The number of rotatable bonds is 6. The minimum absolute atomic E-state index is 0. The molecule has 0 amide bonds. The lowest BCUT2D eigenvalue weighted by Crippen LogP contribution is -2.30. The van der Waals surface area contributed by atoms with Gasteiger partial charge < -0.3 is 14.8 Å². The molecule has 0 unspecified atom stereocenters. The molecule has 4 rings (SSSR count). The molecule has 5 heteroatoms. The number of benzene rings is 3. The van der Waals surface area contributed by atoms with E-state index in [1.165, 1.54) is 0 Å². The zero-order valence-corrected chi connectivity index (χ0v) is 17.1. The molecule has 144 valence electrons. The lowest BCUT2D eigenvalue weighted by Gasteiger charge is -2.21. The van der Waals surface area contributed by atoms with Crippen LogP contribution >= 0.6 is 17.0 Å². The van der Waals surface area contributed by atoms with Gasteiger partial charge in [-0.2, -0.15) is 0 Å². The van der Waals surface area contributed by atoms with Crippen LogP contribution in [0.4, 0.5) is 0 Å². The molecule has 0 fully saturated rings. The summed E-state index contributed by atoms with van der Waals surface area (Å²) in [4.78, 5) is 12.4. The van der Waals surface area contributed by atoms with Gasteiger partial charge in [-0.05, 0) is 17.2 Å². The Hall–Kier alpha value is -2.63. The molecule has 0 aliphatic carbocycles. The largest absolute Gasteiger partial charge is 0.489 e. The molecule has 0 atom stereocenters. The first-order valence-electron chi connectivity index (χ1n) is 9.04. The second kappa shape index (κ2) is 9.53. The third-order valence-electron chi connectivity index (χ3n) is 4.56. The van der Waals surface area contributed by atoms with Gasteiger partial charge in [0.1, 0.15) is 24.7 Å². The molecule has 0 saturated carbocycles.